The standard InChI is InChI=1S/C13H18ClFN2O2S/c14-11-5-3-6-12(13(11)15)20(18,19)17-9-2-1-4-10(17)7-8-16/h3,5-6,10H,1-2,4,7-9,16H2. The van der Waals surface area contributed by atoms with Crippen LogP contribution in [0.5, 0.6) is 0 Å². The Morgan fingerprint density at radius 2 is 2.15 bits per heavy atom. The monoisotopic (exact) mass is 320 g/mol. The maximum atomic E-state index is 14.0. The minimum atomic E-state index is -3.87. The second kappa shape index (κ2) is 6.39. The summed E-state index contributed by atoms with van der Waals surface area (Å²) in [7, 11) is -3.87. The van der Waals surface area contributed by atoms with Gasteiger partial charge in [0.2, 0.25) is 10.0 Å². The Morgan fingerprint density at radius 3 is 2.85 bits per heavy atom. The van der Waals surface area contributed by atoms with Crippen molar-refractivity contribution in [1.29, 1.82) is 0 Å². The van der Waals surface area contributed by atoms with Crippen molar-refractivity contribution in [1.82, 2.24) is 4.31 Å². The van der Waals surface area contributed by atoms with E-state index in [1.807, 2.05) is 0 Å². The highest BCUT2D eigenvalue weighted by Crippen LogP contribution is 2.30. The molecule has 1 saturated heterocycles. The fraction of sp³-hybridized carbons (Fsp3) is 0.538. The van der Waals surface area contributed by atoms with Gasteiger partial charge in [-0.3, -0.25) is 0 Å². The van der Waals surface area contributed by atoms with Crippen molar-refractivity contribution in [3.63, 3.8) is 0 Å². The van der Waals surface area contributed by atoms with Crippen molar-refractivity contribution in [2.45, 2.75) is 36.6 Å². The van der Waals surface area contributed by atoms with Gasteiger partial charge in [-0.25, -0.2) is 12.8 Å². The Balaban J connectivity index is 2.40. The molecule has 2 N–H and O–H groups in total. The molecule has 0 saturated carbocycles. The van der Waals surface area contributed by atoms with Crippen LogP contribution < -0.4 is 5.73 Å². The van der Waals surface area contributed by atoms with Gasteiger partial charge in [0.05, 0.1) is 5.02 Å². The van der Waals surface area contributed by atoms with E-state index >= 15 is 0 Å². The quantitative estimate of drug-likeness (QED) is 0.926. The van der Waals surface area contributed by atoms with E-state index in [0.29, 0.717) is 19.5 Å². The molecule has 1 aliphatic heterocycles. The molecule has 0 aliphatic carbocycles. The summed E-state index contributed by atoms with van der Waals surface area (Å²) in [6.45, 7) is 0.813. The smallest absolute Gasteiger partial charge is 0.246 e. The van der Waals surface area contributed by atoms with Gasteiger partial charge < -0.3 is 5.73 Å². The van der Waals surface area contributed by atoms with Gasteiger partial charge in [-0.2, -0.15) is 4.31 Å². The number of rotatable bonds is 4. The largest absolute Gasteiger partial charge is 0.330 e. The number of halogens is 2. The zero-order valence-corrected chi connectivity index (χ0v) is 12.6. The van der Waals surface area contributed by atoms with Gasteiger partial charge in [0.25, 0.3) is 0 Å². The van der Waals surface area contributed by atoms with E-state index in [0.717, 1.165) is 19.3 Å². The molecule has 0 spiro atoms. The van der Waals surface area contributed by atoms with Gasteiger partial charge in [0, 0.05) is 12.6 Å². The number of benzene rings is 1. The molecule has 1 unspecified atom stereocenters. The minimum absolute atomic E-state index is 0.155. The van der Waals surface area contributed by atoms with Crippen LogP contribution in [0.1, 0.15) is 25.7 Å². The summed E-state index contributed by atoms with van der Waals surface area (Å²) in [6, 6.07) is 3.88. The van der Waals surface area contributed by atoms with E-state index in [1.165, 1.54) is 22.5 Å². The summed E-state index contributed by atoms with van der Waals surface area (Å²) in [5.74, 6) is -0.883. The number of hydrogen-bond acceptors (Lipinski definition) is 3. The third-order valence-corrected chi connectivity index (χ3v) is 5.84. The molecule has 1 atom stereocenters. The fourth-order valence-corrected chi connectivity index (χ4v) is 4.62. The molecule has 1 heterocycles. The van der Waals surface area contributed by atoms with Gasteiger partial charge >= 0.3 is 0 Å². The normalized spacial score (nSPS) is 21.1. The van der Waals surface area contributed by atoms with Gasteiger partial charge in [0.15, 0.2) is 5.82 Å². The molecule has 7 heteroatoms. The fourth-order valence-electron chi connectivity index (χ4n) is 2.58. The second-order valence-electron chi connectivity index (χ2n) is 4.89. The van der Waals surface area contributed by atoms with Crippen molar-refractivity contribution in [2.75, 3.05) is 13.1 Å². The van der Waals surface area contributed by atoms with Crippen LogP contribution in [0.25, 0.3) is 0 Å². The molecule has 2 rings (SSSR count). The first-order valence-corrected chi connectivity index (χ1v) is 8.46. The molecule has 1 aliphatic rings. The van der Waals surface area contributed by atoms with Crippen LogP contribution in [0.15, 0.2) is 23.1 Å². The van der Waals surface area contributed by atoms with E-state index in [1.54, 1.807) is 0 Å². The van der Waals surface area contributed by atoms with Crippen LogP contribution in [-0.4, -0.2) is 31.9 Å². The molecule has 1 aromatic rings. The maximum absolute atomic E-state index is 14.0. The predicted molar refractivity (Wildman–Crippen MR) is 76.6 cm³/mol. The van der Waals surface area contributed by atoms with Crippen LogP contribution in [0.4, 0.5) is 4.39 Å². The molecule has 112 valence electrons. The van der Waals surface area contributed by atoms with E-state index < -0.39 is 15.8 Å². The molecule has 4 nitrogen and oxygen atoms in total. The Kier molecular flexibility index (Phi) is 5.01. The molecule has 0 amide bonds. The Morgan fingerprint density at radius 1 is 1.40 bits per heavy atom. The Labute approximate surface area is 123 Å². The zero-order chi connectivity index (χ0) is 14.8. The lowest BCUT2D eigenvalue weighted by Gasteiger charge is -2.34. The van der Waals surface area contributed by atoms with Crippen LogP contribution in [-0.2, 0) is 10.0 Å². The zero-order valence-electron chi connectivity index (χ0n) is 11.1. The highest BCUT2D eigenvalue weighted by atomic mass is 35.5. The topological polar surface area (TPSA) is 63.4 Å². The lowest BCUT2D eigenvalue weighted by atomic mass is 10.0. The third-order valence-electron chi connectivity index (χ3n) is 3.58. The first kappa shape index (κ1) is 15.7. The summed E-state index contributed by atoms with van der Waals surface area (Å²) in [5, 5.41) is -0.182. The van der Waals surface area contributed by atoms with Gasteiger partial charge in [-0.1, -0.05) is 24.1 Å². The first-order chi connectivity index (χ1) is 9.48. The van der Waals surface area contributed by atoms with Gasteiger partial charge in [-0.05, 0) is 37.9 Å². The van der Waals surface area contributed by atoms with Crippen molar-refractivity contribution in [2.24, 2.45) is 5.73 Å². The Hall–Kier alpha value is -0.690. The second-order valence-corrected chi connectivity index (χ2v) is 7.16. The van der Waals surface area contributed by atoms with Crippen molar-refractivity contribution in [3.05, 3.63) is 29.0 Å². The summed E-state index contributed by atoms with van der Waals surface area (Å²) in [5.41, 5.74) is 5.54. The minimum Gasteiger partial charge on any atom is -0.330 e. The van der Waals surface area contributed by atoms with E-state index in [-0.39, 0.29) is 16.0 Å². The van der Waals surface area contributed by atoms with E-state index in [4.69, 9.17) is 17.3 Å². The summed E-state index contributed by atoms with van der Waals surface area (Å²) >= 11 is 5.68. The average Bonchev–Trinajstić information content (AvgIpc) is 2.42. The van der Waals surface area contributed by atoms with Crippen LogP contribution in [0.2, 0.25) is 5.02 Å². The number of sulfonamides is 1. The molecule has 0 bridgehead atoms. The number of hydrogen-bond donors (Lipinski definition) is 1. The van der Waals surface area contributed by atoms with Crippen LogP contribution >= 0.6 is 11.6 Å². The maximum Gasteiger partial charge on any atom is 0.246 e. The summed E-state index contributed by atoms with van der Waals surface area (Å²) in [6.07, 6.45) is 3.09. The summed E-state index contributed by atoms with van der Waals surface area (Å²) < 4.78 is 40.6. The van der Waals surface area contributed by atoms with E-state index in [2.05, 4.69) is 0 Å². The SMILES string of the molecule is NCCC1CCCCN1S(=O)(=O)c1cccc(Cl)c1F. The number of nitrogens with two attached hydrogens (primary N) is 1. The van der Waals surface area contributed by atoms with E-state index in [9.17, 15) is 12.8 Å². The van der Waals surface area contributed by atoms with Crippen molar-refractivity contribution in [3.8, 4) is 0 Å². The predicted octanol–water partition coefficient (Wildman–Crippen LogP) is 2.37. The summed E-state index contributed by atoms with van der Waals surface area (Å²) in [4.78, 5) is -0.353. The van der Waals surface area contributed by atoms with Crippen LogP contribution in [0.3, 0.4) is 0 Å². The molecule has 0 aromatic heterocycles. The third kappa shape index (κ3) is 2.98. The Bertz CT molecular complexity index is 578. The average molecular weight is 321 g/mol. The molecule has 20 heavy (non-hydrogen) atoms. The van der Waals surface area contributed by atoms with Crippen LogP contribution in [0, 0.1) is 5.82 Å². The molecule has 1 fully saturated rings. The first-order valence-electron chi connectivity index (χ1n) is 6.64. The van der Waals surface area contributed by atoms with Crippen molar-refractivity contribution < 1.29 is 12.8 Å². The highest BCUT2D eigenvalue weighted by molar-refractivity contribution is 7.89. The molecular weight excluding hydrogens is 303 g/mol. The van der Waals surface area contributed by atoms with Crippen molar-refractivity contribution >= 4 is 21.6 Å². The lowest BCUT2D eigenvalue weighted by Crippen LogP contribution is -2.44. The lowest BCUT2D eigenvalue weighted by molar-refractivity contribution is 0.242. The molecule has 0 radical (unpaired) electrons. The number of piperidine rings is 1. The number of nitrogens with zero attached hydrogens (tertiary/aromatic N) is 1. The highest BCUT2D eigenvalue weighted by Gasteiger charge is 2.34. The van der Waals surface area contributed by atoms with Gasteiger partial charge in [0.1, 0.15) is 4.90 Å². The molecule has 1 aromatic carbocycles. The van der Waals surface area contributed by atoms with Gasteiger partial charge in [-0.15, -0.1) is 0 Å². The molecular formula is C13H18ClFN2O2S.